The molecule has 0 heterocycles. The molecule has 0 saturated heterocycles. The van der Waals surface area contributed by atoms with E-state index in [1.807, 2.05) is 6.92 Å². The second kappa shape index (κ2) is 9.98. The summed E-state index contributed by atoms with van der Waals surface area (Å²) in [5.74, 6) is -1.07. The van der Waals surface area contributed by atoms with E-state index >= 15 is 0 Å². The highest BCUT2D eigenvalue weighted by molar-refractivity contribution is 5.73. The third kappa shape index (κ3) is 8.70. The van der Waals surface area contributed by atoms with Crippen molar-refractivity contribution in [2.24, 2.45) is 5.92 Å². The Balaban J connectivity index is 4.13. The number of hydrogen-bond acceptors (Lipinski definition) is 7. The maximum absolute atomic E-state index is 11.5. The second-order valence-corrected chi connectivity index (χ2v) is 3.58. The van der Waals surface area contributed by atoms with Crippen LogP contribution < -0.4 is 0 Å². The molecule has 0 aliphatic rings. The van der Waals surface area contributed by atoms with Crippen LogP contribution in [0.2, 0.25) is 0 Å². The van der Waals surface area contributed by atoms with E-state index in [-0.39, 0.29) is 13.2 Å². The number of hydrogen-bond donors (Lipinski definition) is 1. The first kappa shape index (κ1) is 17.0. The van der Waals surface area contributed by atoms with E-state index in [1.165, 1.54) is 0 Å². The summed E-state index contributed by atoms with van der Waals surface area (Å²) in [5.41, 5.74) is 0. The Bertz CT molecular complexity index is 301. The fourth-order valence-corrected chi connectivity index (χ4v) is 1.24. The average Bonchev–Trinajstić information content (AvgIpc) is 2.36. The molecule has 0 aliphatic carbocycles. The van der Waals surface area contributed by atoms with E-state index in [2.05, 4.69) is 14.5 Å². The number of carbonyl (C=O) groups excluding carboxylic acids is 2. The van der Waals surface area contributed by atoms with Crippen LogP contribution in [0, 0.1) is 5.92 Å². The van der Waals surface area contributed by atoms with Gasteiger partial charge in [-0.15, -0.1) is 0 Å². The lowest BCUT2D eigenvalue weighted by Gasteiger charge is -2.14. The predicted molar refractivity (Wildman–Crippen MR) is 61.2 cm³/mol. The van der Waals surface area contributed by atoms with Gasteiger partial charge in [-0.3, -0.25) is 4.79 Å². The molecule has 0 aromatic carbocycles. The Kier molecular flexibility index (Phi) is 8.94. The Hall–Kier alpha value is -1.99. The van der Waals surface area contributed by atoms with E-state index in [9.17, 15) is 14.4 Å². The second-order valence-electron chi connectivity index (χ2n) is 3.58. The summed E-state index contributed by atoms with van der Waals surface area (Å²) in [7, 11) is 0. The molecule has 8 nitrogen and oxygen atoms in total. The molecule has 0 aromatic rings. The van der Waals surface area contributed by atoms with Crippen LogP contribution in [0.3, 0.4) is 0 Å². The molecule has 0 radical (unpaired) electrons. The van der Waals surface area contributed by atoms with Crippen molar-refractivity contribution >= 4 is 18.3 Å². The quantitative estimate of drug-likeness (QED) is 0.428. The molecular formula is C11H18O8. The van der Waals surface area contributed by atoms with Gasteiger partial charge in [-0.05, 0) is 13.3 Å². The van der Waals surface area contributed by atoms with Gasteiger partial charge in [0.15, 0.2) is 0 Å². The summed E-state index contributed by atoms with van der Waals surface area (Å²) in [6, 6.07) is 0. The van der Waals surface area contributed by atoms with Gasteiger partial charge in [-0.1, -0.05) is 19.8 Å². The van der Waals surface area contributed by atoms with E-state index in [1.54, 1.807) is 6.92 Å². The SMILES string of the molecule is CCCCC(COC(=O)OOC(=O)O)C(=O)OCC. The summed E-state index contributed by atoms with van der Waals surface area (Å²) >= 11 is 0. The standard InChI is InChI=1S/C11H18O8/c1-3-5-6-8(9(12)16-4-2)7-17-11(15)19-18-10(13)14/h8H,3-7H2,1-2H3,(H,13,14). The molecule has 0 spiro atoms. The molecule has 1 N–H and O–H groups in total. The maximum atomic E-state index is 11.5. The monoisotopic (exact) mass is 278 g/mol. The van der Waals surface area contributed by atoms with E-state index < -0.39 is 24.2 Å². The smallest absolute Gasteiger partial charge is 0.466 e. The van der Waals surface area contributed by atoms with Crippen LogP contribution in [0.25, 0.3) is 0 Å². The third-order valence-corrected chi connectivity index (χ3v) is 2.11. The summed E-state index contributed by atoms with van der Waals surface area (Å²) in [4.78, 5) is 39.8. The molecule has 0 rings (SSSR count). The zero-order valence-electron chi connectivity index (χ0n) is 10.9. The largest absolute Gasteiger partial charge is 0.550 e. The summed E-state index contributed by atoms with van der Waals surface area (Å²) in [5, 5.41) is 8.08. The van der Waals surface area contributed by atoms with Crippen molar-refractivity contribution in [3.05, 3.63) is 0 Å². The van der Waals surface area contributed by atoms with Gasteiger partial charge in [-0.25, -0.2) is 9.68 Å². The Morgan fingerprint density at radius 2 is 1.79 bits per heavy atom. The lowest BCUT2D eigenvalue weighted by atomic mass is 10.0. The zero-order valence-corrected chi connectivity index (χ0v) is 10.9. The van der Waals surface area contributed by atoms with Crippen LogP contribution in [0.15, 0.2) is 0 Å². The molecule has 8 heteroatoms. The minimum atomic E-state index is -1.77. The molecule has 0 bridgehead atoms. The van der Waals surface area contributed by atoms with Gasteiger partial charge >= 0.3 is 18.3 Å². The van der Waals surface area contributed by atoms with Gasteiger partial charge in [0.2, 0.25) is 0 Å². The number of esters is 1. The summed E-state index contributed by atoms with van der Waals surface area (Å²) in [6.07, 6.45) is -0.948. The van der Waals surface area contributed by atoms with Crippen molar-refractivity contribution in [3.63, 3.8) is 0 Å². The Morgan fingerprint density at radius 1 is 1.11 bits per heavy atom. The predicted octanol–water partition coefficient (Wildman–Crippen LogP) is 2.12. The normalized spacial score (nSPS) is 11.3. The minimum absolute atomic E-state index is 0.230. The average molecular weight is 278 g/mol. The van der Waals surface area contributed by atoms with Gasteiger partial charge in [0, 0.05) is 0 Å². The lowest BCUT2D eigenvalue weighted by Crippen LogP contribution is -2.25. The highest BCUT2D eigenvalue weighted by atomic mass is 17.3. The van der Waals surface area contributed by atoms with Crippen LogP contribution >= 0.6 is 0 Å². The van der Waals surface area contributed by atoms with E-state index in [0.29, 0.717) is 6.42 Å². The first-order valence-corrected chi connectivity index (χ1v) is 5.92. The first-order valence-electron chi connectivity index (χ1n) is 5.92. The minimum Gasteiger partial charge on any atom is -0.466 e. The van der Waals surface area contributed by atoms with Gasteiger partial charge < -0.3 is 14.6 Å². The molecule has 110 valence electrons. The van der Waals surface area contributed by atoms with Crippen LogP contribution in [-0.4, -0.2) is 36.6 Å². The number of carboxylic acid groups (broad SMARTS) is 1. The Morgan fingerprint density at radius 3 is 2.32 bits per heavy atom. The van der Waals surface area contributed by atoms with E-state index in [0.717, 1.165) is 12.8 Å². The zero-order chi connectivity index (χ0) is 14.7. The van der Waals surface area contributed by atoms with Gasteiger partial charge in [-0.2, -0.15) is 9.68 Å². The first-order chi connectivity index (χ1) is 9.01. The number of unbranched alkanes of at least 4 members (excludes halogenated alkanes) is 1. The molecule has 0 aromatic heterocycles. The van der Waals surface area contributed by atoms with Crippen molar-refractivity contribution in [1.82, 2.24) is 0 Å². The fourth-order valence-electron chi connectivity index (χ4n) is 1.24. The van der Waals surface area contributed by atoms with Crippen molar-refractivity contribution in [2.75, 3.05) is 13.2 Å². The molecule has 1 atom stereocenters. The van der Waals surface area contributed by atoms with Crippen molar-refractivity contribution in [3.8, 4) is 0 Å². The third-order valence-electron chi connectivity index (χ3n) is 2.11. The number of carbonyl (C=O) groups is 3. The number of ether oxygens (including phenoxy) is 2. The number of rotatable bonds is 7. The van der Waals surface area contributed by atoms with Gasteiger partial charge in [0.25, 0.3) is 0 Å². The molecule has 0 aliphatic heterocycles. The lowest BCUT2D eigenvalue weighted by molar-refractivity contribution is -0.214. The van der Waals surface area contributed by atoms with Crippen LogP contribution in [0.1, 0.15) is 33.1 Å². The molecular weight excluding hydrogens is 260 g/mol. The molecule has 0 amide bonds. The fraction of sp³-hybridized carbons (Fsp3) is 0.727. The Labute approximate surface area is 110 Å². The molecule has 0 fully saturated rings. The highest BCUT2D eigenvalue weighted by Gasteiger charge is 2.22. The summed E-state index contributed by atoms with van der Waals surface area (Å²) < 4.78 is 9.40. The van der Waals surface area contributed by atoms with Crippen LogP contribution in [0.4, 0.5) is 9.59 Å². The summed E-state index contributed by atoms with van der Waals surface area (Å²) in [6.45, 7) is 3.61. The van der Waals surface area contributed by atoms with Crippen molar-refractivity contribution in [1.29, 1.82) is 0 Å². The highest BCUT2D eigenvalue weighted by Crippen LogP contribution is 2.12. The van der Waals surface area contributed by atoms with Crippen LogP contribution in [-0.2, 0) is 24.0 Å². The van der Waals surface area contributed by atoms with Crippen molar-refractivity contribution in [2.45, 2.75) is 33.1 Å². The van der Waals surface area contributed by atoms with Crippen LogP contribution in [0.5, 0.6) is 0 Å². The molecule has 19 heavy (non-hydrogen) atoms. The topological polar surface area (TPSA) is 108 Å². The maximum Gasteiger partial charge on any atom is 0.550 e. The van der Waals surface area contributed by atoms with Crippen molar-refractivity contribution < 1.29 is 38.7 Å². The van der Waals surface area contributed by atoms with Gasteiger partial charge in [0.1, 0.15) is 6.61 Å². The molecule has 0 saturated carbocycles. The molecule has 1 unspecified atom stereocenters. The van der Waals surface area contributed by atoms with E-state index in [4.69, 9.17) is 9.84 Å². The van der Waals surface area contributed by atoms with Gasteiger partial charge in [0.05, 0.1) is 12.5 Å².